The number of hydrogen-bond donors (Lipinski definition) is 4. The molecule has 0 heterocycles. The topological polar surface area (TPSA) is 124 Å². The first-order chi connectivity index (χ1) is 8.40. The first kappa shape index (κ1) is 13.2. The molecule has 0 radical (unpaired) electrons. The number of hydrogen-bond acceptors (Lipinski definition) is 4. The summed E-state index contributed by atoms with van der Waals surface area (Å²) < 4.78 is 0. The third-order valence-corrected chi connectivity index (χ3v) is 1.87. The Morgan fingerprint density at radius 3 is 2.28 bits per heavy atom. The molecule has 0 aliphatic heterocycles. The minimum Gasteiger partial charge on any atom is -0.507 e. The monoisotopic (exact) mass is 251 g/mol. The van der Waals surface area contributed by atoms with E-state index < -0.39 is 23.6 Å². The minimum atomic E-state index is -1.30. The van der Waals surface area contributed by atoms with Crippen molar-refractivity contribution in [3.8, 4) is 5.75 Å². The van der Waals surface area contributed by atoms with E-state index in [1.54, 1.807) is 0 Å². The SMILES string of the molecule is O=C(O)C=CC(=O)Nc1ccc(C(=O)O)c(O)c1. The molecule has 0 spiro atoms. The number of carboxylic acid groups (broad SMARTS) is 2. The van der Waals surface area contributed by atoms with Gasteiger partial charge in [0.2, 0.25) is 5.91 Å². The second kappa shape index (κ2) is 5.48. The van der Waals surface area contributed by atoms with Crippen LogP contribution < -0.4 is 5.32 Å². The maximum atomic E-state index is 11.2. The summed E-state index contributed by atoms with van der Waals surface area (Å²) in [4.78, 5) is 32.0. The lowest BCUT2D eigenvalue weighted by Crippen LogP contribution is -2.09. The number of carbonyl (C=O) groups is 3. The summed E-state index contributed by atoms with van der Waals surface area (Å²) in [6.07, 6.45) is 1.45. The predicted octanol–water partition coefficient (Wildman–Crippen LogP) is 0.670. The van der Waals surface area contributed by atoms with Crippen molar-refractivity contribution in [2.75, 3.05) is 5.32 Å². The number of amides is 1. The lowest BCUT2D eigenvalue weighted by molar-refractivity contribution is -0.131. The van der Waals surface area contributed by atoms with Crippen molar-refractivity contribution >= 4 is 23.5 Å². The Balaban J connectivity index is 2.81. The van der Waals surface area contributed by atoms with Gasteiger partial charge in [0.05, 0.1) is 0 Å². The van der Waals surface area contributed by atoms with Crippen LogP contribution in [0.3, 0.4) is 0 Å². The molecule has 0 fully saturated rings. The number of nitrogens with one attached hydrogen (secondary N) is 1. The Hall–Kier alpha value is -2.83. The molecule has 1 rings (SSSR count). The van der Waals surface area contributed by atoms with Crippen molar-refractivity contribution in [2.24, 2.45) is 0 Å². The fourth-order valence-corrected chi connectivity index (χ4v) is 1.12. The van der Waals surface area contributed by atoms with Crippen LogP contribution in [-0.2, 0) is 9.59 Å². The average Bonchev–Trinajstić information content (AvgIpc) is 2.26. The fraction of sp³-hybridized carbons (Fsp3) is 0. The largest absolute Gasteiger partial charge is 0.507 e. The summed E-state index contributed by atoms with van der Waals surface area (Å²) in [6, 6.07) is 3.44. The lowest BCUT2D eigenvalue weighted by atomic mass is 10.2. The number of phenols is 1. The summed E-state index contributed by atoms with van der Waals surface area (Å²) in [5, 5.41) is 28.6. The van der Waals surface area contributed by atoms with E-state index >= 15 is 0 Å². The smallest absolute Gasteiger partial charge is 0.339 e. The average molecular weight is 251 g/mol. The van der Waals surface area contributed by atoms with Gasteiger partial charge in [-0.15, -0.1) is 0 Å². The Labute approximate surface area is 101 Å². The number of aromatic carboxylic acids is 1. The Bertz CT molecular complexity index is 534. The van der Waals surface area contributed by atoms with E-state index in [4.69, 9.17) is 10.2 Å². The van der Waals surface area contributed by atoms with Crippen molar-refractivity contribution < 1.29 is 29.7 Å². The standard InChI is InChI=1S/C11H9NO6/c13-8-5-6(1-2-7(8)11(17)18)12-9(14)3-4-10(15)16/h1-5,13H,(H,12,14)(H,15,16)(H,17,18). The number of anilines is 1. The molecule has 18 heavy (non-hydrogen) atoms. The second-order valence-electron chi connectivity index (χ2n) is 3.20. The highest BCUT2D eigenvalue weighted by atomic mass is 16.4. The van der Waals surface area contributed by atoms with Crippen LogP contribution in [0.25, 0.3) is 0 Å². The molecule has 1 aromatic carbocycles. The molecule has 1 aromatic rings. The highest BCUT2D eigenvalue weighted by Crippen LogP contribution is 2.21. The van der Waals surface area contributed by atoms with E-state index in [9.17, 15) is 19.5 Å². The van der Waals surface area contributed by atoms with Gasteiger partial charge < -0.3 is 20.6 Å². The van der Waals surface area contributed by atoms with Crippen molar-refractivity contribution in [3.63, 3.8) is 0 Å². The summed E-state index contributed by atoms with van der Waals surface area (Å²) >= 11 is 0. The van der Waals surface area contributed by atoms with Gasteiger partial charge in [0.1, 0.15) is 11.3 Å². The first-order valence-electron chi connectivity index (χ1n) is 4.68. The van der Waals surface area contributed by atoms with E-state index in [2.05, 4.69) is 5.32 Å². The van der Waals surface area contributed by atoms with Crippen LogP contribution in [0, 0.1) is 0 Å². The maximum absolute atomic E-state index is 11.2. The highest BCUT2D eigenvalue weighted by Gasteiger charge is 2.10. The van der Waals surface area contributed by atoms with Gasteiger partial charge in [-0.1, -0.05) is 0 Å². The molecule has 0 unspecified atom stereocenters. The number of aliphatic carboxylic acids is 1. The first-order valence-corrected chi connectivity index (χ1v) is 4.68. The van der Waals surface area contributed by atoms with Gasteiger partial charge >= 0.3 is 11.9 Å². The molecule has 0 bridgehead atoms. The van der Waals surface area contributed by atoms with Crippen LogP contribution in [0.4, 0.5) is 5.69 Å². The summed E-state index contributed by atoms with van der Waals surface area (Å²) in [6.45, 7) is 0. The minimum absolute atomic E-state index is 0.150. The summed E-state index contributed by atoms with van der Waals surface area (Å²) in [5.41, 5.74) is -0.147. The van der Waals surface area contributed by atoms with Crippen LogP contribution in [-0.4, -0.2) is 33.2 Å². The third kappa shape index (κ3) is 3.63. The molecule has 0 atom stereocenters. The van der Waals surface area contributed by atoms with Gasteiger partial charge in [-0.2, -0.15) is 0 Å². The van der Waals surface area contributed by atoms with Gasteiger partial charge in [0.15, 0.2) is 0 Å². The van der Waals surface area contributed by atoms with Crippen molar-refractivity contribution in [1.82, 2.24) is 0 Å². The lowest BCUT2D eigenvalue weighted by Gasteiger charge is -2.04. The van der Waals surface area contributed by atoms with E-state index in [1.807, 2.05) is 0 Å². The summed E-state index contributed by atoms with van der Waals surface area (Å²) in [5.74, 6) is -3.77. The van der Waals surface area contributed by atoms with Gasteiger partial charge in [0.25, 0.3) is 0 Å². The van der Waals surface area contributed by atoms with Crippen molar-refractivity contribution in [2.45, 2.75) is 0 Å². The predicted molar refractivity (Wildman–Crippen MR) is 60.5 cm³/mol. The van der Waals surface area contributed by atoms with Crippen molar-refractivity contribution in [1.29, 1.82) is 0 Å². The van der Waals surface area contributed by atoms with Crippen LogP contribution in [0.15, 0.2) is 30.4 Å². The zero-order valence-electron chi connectivity index (χ0n) is 8.95. The molecule has 0 saturated heterocycles. The Kier molecular flexibility index (Phi) is 4.03. The molecule has 0 aliphatic carbocycles. The maximum Gasteiger partial charge on any atom is 0.339 e. The molecule has 0 aromatic heterocycles. The van der Waals surface area contributed by atoms with E-state index in [-0.39, 0.29) is 11.3 Å². The molecule has 0 aliphatic rings. The van der Waals surface area contributed by atoms with Crippen LogP contribution in [0.2, 0.25) is 0 Å². The van der Waals surface area contributed by atoms with Gasteiger partial charge in [-0.25, -0.2) is 9.59 Å². The van der Waals surface area contributed by atoms with E-state index in [1.165, 1.54) is 6.07 Å². The third-order valence-electron chi connectivity index (χ3n) is 1.87. The molecule has 7 nitrogen and oxygen atoms in total. The van der Waals surface area contributed by atoms with E-state index in [0.29, 0.717) is 6.08 Å². The van der Waals surface area contributed by atoms with E-state index in [0.717, 1.165) is 18.2 Å². The van der Waals surface area contributed by atoms with Crippen LogP contribution in [0.5, 0.6) is 5.75 Å². The number of carbonyl (C=O) groups excluding carboxylic acids is 1. The van der Waals surface area contributed by atoms with Crippen LogP contribution in [0.1, 0.15) is 10.4 Å². The van der Waals surface area contributed by atoms with Gasteiger partial charge in [-0.05, 0) is 12.1 Å². The fourth-order valence-electron chi connectivity index (χ4n) is 1.12. The molecule has 94 valence electrons. The molecule has 0 saturated carbocycles. The second-order valence-corrected chi connectivity index (χ2v) is 3.20. The van der Waals surface area contributed by atoms with Crippen LogP contribution >= 0.6 is 0 Å². The quantitative estimate of drug-likeness (QED) is 0.583. The zero-order valence-corrected chi connectivity index (χ0v) is 8.95. The molecular formula is C11H9NO6. The zero-order chi connectivity index (χ0) is 13.7. The molecular weight excluding hydrogens is 242 g/mol. The molecule has 1 amide bonds. The highest BCUT2D eigenvalue weighted by molar-refractivity contribution is 6.02. The summed E-state index contributed by atoms with van der Waals surface area (Å²) in [7, 11) is 0. The normalized spacial score (nSPS) is 10.2. The number of carboxylic acids is 2. The van der Waals surface area contributed by atoms with Gasteiger partial charge in [0, 0.05) is 23.9 Å². The number of benzene rings is 1. The Morgan fingerprint density at radius 2 is 1.78 bits per heavy atom. The molecule has 4 N–H and O–H groups in total. The Morgan fingerprint density at radius 1 is 1.11 bits per heavy atom. The van der Waals surface area contributed by atoms with Crippen molar-refractivity contribution in [3.05, 3.63) is 35.9 Å². The number of rotatable bonds is 4. The number of aromatic hydroxyl groups is 1. The molecule has 7 heteroatoms. The van der Waals surface area contributed by atoms with Gasteiger partial charge in [-0.3, -0.25) is 4.79 Å².